The third kappa shape index (κ3) is 3.19. The second-order valence-electron chi connectivity index (χ2n) is 4.78. The van der Waals surface area contributed by atoms with Crippen molar-refractivity contribution in [3.05, 3.63) is 41.7 Å². The van der Waals surface area contributed by atoms with Gasteiger partial charge in [-0.3, -0.25) is 4.79 Å². The van der Waals surface area contributed by atoms with Crippen LogP contribution in [0.25, 0.3) is 0 Å². The van der Waals surface area contributed by atoms with Crippen LogP contribution in [0.5, 0.6) is 5.75 Å². The maximum atomic E-state index is 13.0. The Balaban J connectivity index is 2.06. The number of phenols is 1. The topological polar surface area (TPSA) is 37.3 Å². The molecule has 3 heteroatoms. The molecule has 0 spiro atoms. The van der Waals surface area contributed by atoms with Crippen molar-refractivity contribution in [3.8, 4) is 5.75 Å². The highest BCUT2D eigenvalue weighted by atomic mass is 19.1. The average molecular weight is 248 g/mol. The van der Waals surface area contributed by atoms with Crippen molar-refractivity contribution in [2.24, 2.45) is 5.92 Å². The van der Waals surface area contributed by atoms with Crippen molar-refractivity contribution in [3.63, 3.8) is 0 Å². The fraction of sp³-hybridized carbons (Fsp3) is 0.400. The van der Waals surface area contributed by atoms with E-state index in [2.05, 4.69) is 0 Å². The van der Waals surface area contributed by atoms with Crippen LogP contribution >= 0.6 is 0 Å². The first-order valence-electron chi connectivity index (χ1n) is 6.38. The van der Waals surface area contributed by atoms with Gasteiger partial charge in [0.05, 0.1) is 5.56 Å². The van der Waals surface area contributed by atoms with Gasteiger partial charge in [-0.25, -0.2) is 4.39 Å². The number of halogens is 1. The summed E-state index contributed by atoms with van der Waals surface area (Å²) in [6.07, 6.45) is 9.25. The number of carbonyl (C=O) groups is 1. The largest absolute Gasteiger partial charge is 0.507 e. The van der Waals surface area contributed by atoms with Crippen LogP contribution in [0.15, 0.2) is 30.4 Å². The minimum atomic E-state index is -0.512. The Morgan fingerprint density at radius 1 is 1.28 bits per heavy atom. The molecule has 0 unspecified atom stereocenters. The van der Waals surface area contributed by atoms with E-state index in [-0.39, 0.29) is 17.1 Å². The van der Waals surface area contributed by atoms with Gasteiger partial charge in [-0.15, -0.1) is 0 Å². The Morgan fingerprint density at radius 3 is 2.72 bits per heavy atom. The monoisotopic (exact) mass is 248 g/mol. The summed E-state index contributed by atoms with van der Waals surface area (Å²) in [5.74, 6) is -0.576. The first-order valence-corrected chi connectivity index (χ1v) is 6.38. The zero-order valence-corrected chi connectivity index (χ0v) is 10.2. The van der Waals surface area contributed by atoms with E-state index in [1.807, 2.05) is 6.08 Å². The Bertz CT molecular complexity index is 460. The molecule has 1 aliphatic rings. The summed E-state index contributed by atoms with van der Waals surface area (Å²) in [7, 11) is 0. The van der Waals surface area contributed by atoms with Crippen molar-refractivity contribution in [2.75, 3.05) is 0 Å². The molecule has 1 aromatic carbocycles. The molecule has 0 radical (unpaired) electrons. The first-order chi connectivity index (χ1) is 8.66. The molecular weight excluding hydrogens is 231 g/mol. The summed E-state index contributed by atoms with van der Waals surface area (Å²) < 4.78 is 13.0. The summed E-state index contributed by atoms with van der Waals surface area (Å²) in [6, 6.07) is 3.41. The third-order valence-corrected chi connectivity index (χ3v) is 3.39. The van der Waals surface area contributed by atoms with Gasteiger partial charge in [0, 0.05) is 0 Å². The molecule has 2 rings (SSSR count). The van der Waals surface area contributed by atoms with Crippen molar-refractivity contribution in [1.29, 1.82) is 0 Å². The van der Waals surface area contributed by atoms with Gasteiger partial charge in [-0.1, -0.05) is 25.3 Å². The predicted octanol–water partition coefficient (Wildman–Crippen LogP) is 3.85. The molecule has 1 fully saturated rings. The molecule has 0 aromatic heterocycles. The van der Waals surface area contributed by atoms with Crippen LogP contribution in [-0.4, -0.2) is 10.9 Å². The molecule has 1 aromatic rings. The zero-order chi connectivity index (χ0) is 13.0. The van der Waals surface area contributed by atoms with Gasteiger partial charge < -0.3 is 5.11 Å². The number of phenolic OH excluding ortho intramolecular Hbond substituents is 1. The van der Waals surface area contributed by atoms with Gasteiger partial charge >= 0.3 is 0 Å². The predicted molar refractivity (Wildman–Crippen MR) is 68.1 cm³/mol. The van der Waals surface area contributed by atoms with E-state index < -0.39 is 5.82 Å². The van der Waals surface area contributed by atoms with E-state index in [9.17, 15) is 14.3 Å². The van der Waals surface area contributed by atoms with Crippen LogP contribution in [0, 0.1) is 11.7 Å². The maximum absolute atomic E-state index is 13.0. The highest BCUT2D eigenvalue weighted by Crippen LogP contribution is 2.25. The molecule has 96 valence electrons. The smallest absolute Gasteiger partial charge is 0.189 e. The van der Waals surface area contributed by atoms with Crippen LogP contribution in [0.2, 0.25) is 0 Å². The molecule has 1 N–H and O–H groups in total. The van der Waals surface area contributed by atoms with E-state index in [1.54, 1.807) is 0 Å². The van der Waals surface area contributed by atoms with Crippen molar-refractivity contribution in [2.45, 2.75) is 32.1 Å². The highest BCUT2D eigenvalue weighted by molar-refractivity contribution is 6.06. The molecule has 0 bridgehead atoms. The normalized spacial score (nSPS) is 17.2. The van der Waals surface area contributed by atoms with Crippen LogP contribution in [-0.2, 0) is 0 Å². The van der Waals surface area contributed by atoms with Crippen molar-refractivity contribution >= 4 is 5.78 Å². The number of hydrogen-bond donors (Lipinski definition) is 1. The van der Waals surface area contributed by atoms with Crippen LogP contribution in [0.4, 0.5) is 4.39 Å². The number of carbonyl (C=O) groups excluding carboxylic acids is 1. The lowest BCUT2D eigenvalue weighted by Crippen LogP contribution is -2.04. The summed E-state index contributed by atoms with van der Waals surface area (Å²) in [6.45, 7) is 0. The summed E-state index contributed by atoms with van der Waals surface area (Å²) in [5.41, 5.74) is 0.0297. The standard InChI is InChI=1S/C15H17FO2/c16-12-7-9-15(18)13(10-12)14(17)8-6-11-4-2-1-3-5-11/h6-11,18H,1-5H2. The minimum Gasteiger partial charge on any atom is -0.507 e. The summed E-state index contributed by atoms with van der Waals surface area (Å²) in [5, 5.41) is 9.52. The number of aromatic hydroxyl groups is 1. The molecule has 0 aliphatic heterocycles. The second kappa shape index (κ2) is 5.80. The Morgan fingerprint density at radius 2 is 2.00 bits per heavy atom. The fourth-order valence-corrected chi connectivity index (χ4v) is 2.35. The minimum absolute atomic E-state index is 0.0297. The van der Waals surface area contributed by atoms with E-state index >= 15 is 0 Å². The number of hydrogen-bond acceptors (Lipinski definition) is 2. The lowest BCUT2D eigenvalue weighted by molar-refractivity contribution is 0.104. The van der Waals surface area contributed by atoms with Gasteiger partial charge in [0.25, 0.3) is 0 Å². The highest BCUT2D eigenvalue weighted by Gasteiger charge is 2.13. The first kappa shape index (κ1) is 12.8. The quantitative estimate of drug-likeness (QED) is 0.651. The maximum Gasteiger partial charge on any atom is 0.189 e. The third-order valence-electron chi connectivity index (χ3n) is 3.39. The number of ketones is 1. The summed E-state index contributed by atoms with van der Waals surface area (Å²) in [4.78, 5) is 11.8. The fourth-order valence-electron chi connectivity index (χ4n) is 2.35. The van der Waals surface area contributed by atoms with E-state index in [4.69, 9.17) is 0 Å². The molecule has 0 atom stereocenters. The van der Waals surface area contributed by atoms with Gasteiger partial charge in [-0.05, 0) is 43.0 Å². The Hall–Kier alpha value is -1.64. The SMILES string of the molecule is O=C(C=CC1CCCCC1)c1cc(F)ccc1O. The zero-order valence-electron chi connectivity index (χ0n) is 10.2. The molecule has 1 aliphatic carbocycles. The van der Waals surface area contributed by atoms with Gasteiger partial charge in [0.2, 0.25) is 0 Å². The Labute approximate surface area is 106 Å². The molecule has 0 amide bonds. The van der Waals surface area contributed by atoms with E-state index in [1.165, 1.54) is 31.4 Å². The molecule has 18 heavy (non-hydrogen) atoms. The molecule has 2 nitrogen and oxygen atoms in total. The number of benzene rings is 1. The van der Waals surface area contributed by atoms with Gasteiger partial charge in [-0.2, -0.15) is 0 Å². The van der Waals surface area contributed by atoms with Crippen LogP contribution in [0.1, 0.15) is 42.5 Å². The lowest BCUT2D eigenvalue weighted by Gasteiger charge is -2.17. The molecule has 0 heterocycles. The Kier molecular flexibility index (Phi) is 4.13. The van der Waals surface area contributed by atoms with E-state index in [0.717, 1.165) is 25.0 Å². The van der Waals surface area contributed by atoms with Gasteiger partial charge in [0.15, 0.2) is 5.78 Å². The molecule has 0 saturated heterocycles. The summed E-state index contributed by atoms with van der Waals surface area (Å²) >= 11 is 0. The molecular formula is C15H17FO2. The van der Waals surface area contributed by atoms with Gasteiger partial charge in [0.1, 0.15) is 11.6 Å². The van der Waals surface area contributed by atoms with Crippen molar-refractivity contribution in [1.82, 2.24) is 0 Å². The number of rotatable bonds is 3. The number of allylic oxidation sites excluding steroid dienone is 2. The van der Waals surface area contributed by atoms with Crippen molar-refractivity contribution < 1.29 is 14.3 Å². The van der Waals surface area contributed by atoms with Crippen LogP contribution < -0.4 is 0 Å². The van der Waals surface area contributed by atoms with E-state index in [0.29, 0.717) is 5.92 Å². The second-order valence-corrected chi connectivity index (χ2v) is 4.78. The average Bonchev–Trinajstić information content (AvgIpc) is 2.40. The lowest BCUT2D eigenvalue weighted by atomic mass is 9.89. The molecule has 1 saturated carbocycles. The van der Waals surface area contributed by atoms with Crippen LogP contribution in [0.3, 0.4) is 0 Å².